The Balaban J connectivity index is 1.67. The highest BCUT2D eigenvalue weighted by Crippen LogP contribution is 2.32. The summed E-state index contributed by atoms with van der Waals surface area (Å²) < 4.78 is 11.0. The normalized spacial score (nSPS) is 21.5. The molecule has 0 aliphatic carbocycles. The van der Waals surface area contributed by atoms with E-state index in [2.05, 4.69) is 25.5 Å². The number of aromatic amines is 1. The maximum absolute atomic E-state index is 5.92. The summed E-state index contributed by atoms with van der Waals surface area (Å²) in [5, 5.41) is 10.4. The summed E-state index contributed by atoms with van der Waals surface area (Å²) in [6.45, 7) is 3.50. The molecule has 3 heterocycles. The van der Waals surface area contributed by atoms with Gasteiger partial charge in [0.2, 0.25) is 0 Å². The van der Waals surface area contributed by atoms with Crippen molar-refractivity contribution in [3.05, 3.63) is 29.7 Å². The molecule has 1 aliphatic heterocycles. The van der Waals surface area contributed by atoms with Crippen LogP contribution in [0.25, 0.3) is 0 Å². The molecule has 1 fully saturated rings. The summed E-state index contributed by atoms with van der Waals surface area (Å²) in [6, 6.07) is 4.27. The lowest BCUT2D eigenvalue weighted by Gasteiger charge is -2.31. The van der Waals surface area contributed by atoms with E-state index in [0.29, 0.717) is 11.9 Å². The highest BCUT2D eigenvalue weighted by Gasteiger charge is 2.28. The Morgan fingerprint density at radius 1 is 1.45 bits per heavy atom. The van der Waals surface area contributed by atoms with Crippen LogP contribution in [0.4, 0.5) is 5.82 Å². The van der Waals surface area contributed by atoms with E-state index < -0.39 is 0 Å². The maximum Gasteiger partial charge on any atom is 0.318 e. The highest BCUT2D eigenvalue weighted by atomic mass is 16.5. The molecule has 7 nitrogen and oxygen atoms in total. The third-order valence-corrected chi connectivity index (χ3v) is 3.84. The molecule has 2 atom stereocenters. The molecule has 3 rings (SSSR count). The zero-order valence-electron chi connectivity index (χ0n) is 12.9. The number of nitrogens with zero attached hydrogens (tertiary/aromatic N) is 3. The van der Waals surface area contributed by atoms with Crippen molar-refractivity contribution in [2.75, 3.05) is 25.6 Å². The van der Waals surface area contributed by atoms with Crippen molar-refractivity contribution in [2.45, 2.75) is 25.9 Å². The lowest BCUT2D eigenvalue weighted by atomic mass is 9.92. The maximum atomic E-state index is 5.92. The fraction of sp³-hybridized carbons (Fsp3) is 0.533. The smallest absolute Gasteiger partial charge is 0.318 e. The predicted molar refractivity (Wildman–Crippen MR) is 81.8 cm³/mol. The molecule has 0 amide bonds. The summed E-state index contributed by atoms with van der Waals surface area (Å²) in [7, 11) is 1.57. The van der Waals surface area contributed by atoms with Crippen LogP contribution in [0.5, 0.6) is 6.01 Å². The van der Waals surface area contributed by atoms with Gasteiger partial charge in [-0.3, -0.25) is 5.10 Å². The lowest BCUT2D eigenvalue weighted by Crippen LogP contribution is -2.28. The van der Waals surface area contributed by atoms with Crippen LogP contribution in [-0.4, -0.2) is 40.4 Å². The highest BCUT2D eigenvalue weighted by molar-refractivity contribution is 5.37. The Morgan fingerprint density at radius 2 is 2.36 bits per heavy atom. The minimum absolute atomic E-state index is 0.0496. The number of H-pyrrole nitrogens is 1. The average molecular weight is 303 g/mol. The van der Waals surface area contributed by atoms with Crippen molar-refractivity contribution < 1.29 is 9.47 Å². The minimum atomic E-state index is 0.0496. The zero-order valence-corrected chi connectivity index (χ0v) is 12.9. The van der Waals surface area contributed by atoms with E-state index in [1.54, 1.807) is 13.3 Å². The van der Waals surface area contributed by atoms with Gasteiger partial charge in [0, 0.05) is 37.0 Å². The first-order valence-electron chi connectivity index (χ1n) is 7.50. The van der Waals surface area contributed by atoms with Crippen LogP contribution in [0, 0.1) is 12.8 Å². The molecule has 0 radical (unpaired) electrons. The van der Waals surface area contributed by atoms with E-state index in [-0.39, 0.29) is 6.10 Å². The second-order valence-electron chi connectivity index (χ2n) is 5.47. The van der Waals surface area contributed by atoms with Crippen molar-refractivity contribution >= 4 is 5.82 Å². The molecular weight excluding hydrogens is 282 g/mol. The quantitative estimate of drug-likeness (QED) is 0.880. The predicted octanol–water partition coefficient (Wildman–Crippen LogP) is 2.10. The van der Waals surface area contributed by atoms with Gasteiger partial charge in [0.15, 0.2) is 0 Å². The van der Waals surface area contributed by atoms with E-state index in [1.165, 1.54) is 0 Å². The molecule has 118 valence electrons. The monoisotopic (exact) mass is 303 g/mol. The molecule has 1 aliphatic rings. The number of aryl methyl sites for hydroxylation is 1. The minimum Gasteiger partial charge on any atom is -0.467 e. The van der Waals surface area contributed by atoms with Crippen molar-refractivity contribution in [3.63, 3.8) is 0 Å². The fourth-order valence-corrected chi connectivity index (χ4v) is 2.78. The number of methoxy groups -OCH3 is 1. The van der Waals surface area contributed by atoms with E-state index in [0.717, 1.165) is 43.2 Å². The molecule has 2 N–H and O–H groups in total. The topological polar surface area (TPSA) is 85.0 Å². The standard InChI is InChI=1S/C15H21N5O2/c1-10-8-13(19-15(18-10)21-2)16-9-11-4-3-7-22-14(11)12-5-6-17-20-12/h5-6,8,11,14H,3-4,7,9H2,1-2H3,(H,17,20)(H,16,18,19)/t11-,14+/m0/s1. The molecule has 22 heavy (non-hydrogen) atoms. The van der Waals surface area contributed by atoms with Crippen LogP contribution in [-0.2, 0) is 4.74 Å². The van der Waals surface area contributed by atoms with Crippen LogP contribution in [0.2, 0.25) is 0 Å². The summed E-state index contributed by atoms with van der Waals surface area (Å²) in [5.74, 6) is 1.15. The third-order valence-electron chi connectivity index (χ3n) is 3.84. The first kappa shape index (κ1) is 14.8. The largest absolute Gasteiger partial charge is 0.467 e. The summed E-state index contributed by atoms with van der Waals surface area (Å²) in [5.41, 5.74) is 1.90. The Hall–Kier alpha value is -2.15. The zero-order chi connectivity index (χ0) is 15.4. The van der Waals surface area contributed by atoms with Gasteiger partial charge < -0.3 is 14.8 Å². The van der Waals surface area contributed by atoms with Crippen LogP contribution in [0.1, 0.15) is 30.3 Å². The number of aromatic nitrogens is 4. The van der Waals surface area contributed by atoms with Crippen molar-refractivity contribution in [1.82, 2.24) is 20.2 Å². The number of rotatable bonds is 5. The van der Waals surface area contributed by atoms with Gasteiger partial charge in [0.1, 0.15) is 11.9 Å². The van der Waals surface area contributed by atoms with Crippen molar-refractivity contribution in [3.8, 4) is 6.01 Å². The Morgan fingerprint density at radius 3 is 3.14 bits per heavy atom. The SMILES string of the molecule is COc1nc(C)cc(NC[C@@H]2CCCO[C@H]2c2ccn[nH]2)n1. The number of ether oxygens (including phenoxy) is 2. The molecular formula is C15H21N5O2. The Bertz CT molecular complexity index is 602. The molecule has 1 saturated heterocycles. The van der Waals surface area contributed by atoms with Gasteiger partial charge in [-0.2, -0.15) is 10.1 Å². The Kier molecular flexibility index (Phi) is 4.53. The fourth-order valence-electron chi connectivity index (χ4n) is 2.78. The summed E-state index contributed by atoms with van der Waals surface area (Å²) >= 11 is 0. The lowest BCUT2D eigenvalue weighted by molar-refractivity contribution is -0.0264. The Labute approximate surface area is 129 Å². The van der Waals surface area contributed by atoms with Gasteiger partial charge in [-0.25, -0.2) is 4.98 Å². The molecule has 2 aromatic rings. The van der Waals surface area contributed by atoms with E-state index in [1.807, 2.05) is 19.1 Å². The number of hydrogen-bond acceptors (Lipinski definition) is 6. The van der Waals surface area contributed by atoms with Crippen LogP contribution >= 0.6 is 0 Å². The van der Waals surface area contributed by atoms with Gasteiger partial charge in [0.25, 0.3) is 0 Å². The average Bonchev–Trinajstić information content (AvgIpc) is 3.07. The summed E-state index contributed by atoms with van der Waals surface area (Å²) in [6.07, 6.45) is 3.99. The number of nitrogens with one attached hydrogen (secondary N) is 2. The van der Waals surface area contributed by atoms with Crippen LogP contribution < -0.4 is 10.1 Å². The van der Waals surface area contributed by atoms with Crippen LogP contribution in [0.3, 0.4) is 0 Å². The second kappa shape index (κ2) is 6.74. The van der Waals surface area contributed by atoms with E-state index in [4.69, 9.17) is 9.47 Å². The number of anilines is 1. The number of hydrogen-bond donors (Lipinski definition) is 2. The van der Waals surface area contributed by atoms with E-state index in [9.17, 15) is 0 Å². The molecule has 0 aromatic carbocycles. The van der Waals surface area contributed by atoms with Gasteiger partial charge in [-0.15, -0.1) is 0 Å². The molecule has 0 unspecified atom stereocenters. The van der Waals surface area contributed by atoms with Crippen LogP contribution in [0.15, 0.2) is 18.3 Å². The second-order valence-corrected chi connectivity index (χ2v) is 5.47. The van der Waals surface area contributed by atoms with E-state index >= 15 is 0 Å². The van der Waals surface area contributed by atoms with Gasteiger partial charge >= 0.3 is 6.01 Å². The van der Waals surface area contributed by atoms with Gasteiger partial charge in [-0.1, -0.05) is 0 Å². The summed E-state index contributed by atoms with van der Waals surface area (Å²) in [4.78, 5) is 8.51. The first-order valence-corrected chi connectivity index (χ1v) is 7.50. The van der Waals surface area contributed by atoms with Crippen molar-refractivity contribution in [2.24, 2.45) is 5.92 Å². The molecule has 2 aromatic heterocycles. The first-order chi connectivity index (χ1) is 10.8. The van der Waals surface area contributed by atoms with Gasteiger partial charge in [0.05, 0.1) is 12.8 Å². The molecule has 0 spiro atoms. The van der Waals surface area contributed by atoms with Gasteiger partial charge in [-0.05, 0) is 25.8 Å². The molecule has 7 heteroatoms. The molecule has 0 saturated carbocycles. The molecule has 0 bridgehead atoms. The third kappa shape index (κ3) is 3.36. The van der Waals surface area contributed by atoms with Crippen molar-refractivity contribution in [1.29, 1.82) is 0 Å².